The molecule has 0 aliphatic rings. The van der Waals surface area contributed by atoms with Gasteiger partial charge in [0.25, 0.3) is 0 Å². The summed E-state index contributed by atoms with van der Waals surface area (Å²) in [6.07, 6.45) is 0. The van der Waals surface area contributed by atoms with E-state index >= 15 is 0 Å². The monoisotopic (exact) mass is 424 g/mol. The van der Waals surface area contributed by atoms with Crippen molar-refractivity contribution >= 4 is 55.6 Å². The molecule has 0 saturated heterocycles. The molecule has 0 aromatic heterocycles. The minimum atomic E-state index is -0.532. The third-order valence-corrected chi connectivity index (χ3v) is 3.77. The van der Waals surface area contributed by atoms with E-state index in [2.05, 4.69) is 43.8 Å². The molecule has 3 N–H and O–H groups in total. The Balaban J connectivity index is 2.37. The molecule has 0 aliphatic heterocycles. The lowest BCUT2D eigenvalue weighted by Gasteiger charge is -2.10. The Morgan fingerprint density at radius 2 is 1.78 bits per heavy atom. The first kappa shape index (κ1) is 13.5. The molecule has 0 spiro atoms. The van der Waals surface area contributed by atoms with Gasteiger partial charge in [0.1, 0.15) is 11.6 Å². The van der Waals surface area contributed by atoms with Crippen molar-refractivity contribution in [2.24, 2.45) is 0 Å². The number of nitrogens with two attached hydrogens (primary N) is 1. The van der Waals surface area contributed by atoms with Crippen molar-refractivity contribution in [3.63, 3.8) is 0 Å². The number of benzene rings is 2. The van der Waals surface area contributed by atoms with Crippen molar-refractivity contribution in [3.05, 3.63) is 50.0 Å². The molecule has 94 valence electrons. The van der Waals surface area contributed by atoms with E-state index in [0.29, 0.717) is 11.4 Å². The predicted molar refractivity (Wildman–Crippen MR) is 80.9 cm³/mol. The van der Waals surface area contributed by atoms with Crippen LogP contribution in [0.3, 0.4) is 0 Å². The largest absolute Gasteiger partial charge is 0.399 e. The van der Waals surface area contributed by atoms with Crippen LogP contribution < -0.4 is 11.1 Å². The van der Waals surface area contributed by atoms with E-state index in [4.69, 9.17) is 5.73 Å². The number of nitrogen functional groups attached to an aromatic ring is 1. The van der Waals surface area contributed by atoms with Gasteiger partial charge >= 0.3 is 0 Å². The summed E-state index contributed by atoms with van der Waals surface area (Å²) in [6.45, 7) is 0. The van der Waals surface area contributed by atoms with Crippen LogP contribution in [0.4, 0.5) is 25.8 Å². The zero-order chi connectivity index (χ0) is 13.3. The van der Waals surface area contributed by atoms with E-state index < -0.39 is 11.6 Å². The number of hydrogen-bond acceptors (Lipinski definition) is 2. The molecule has 0 radical (unpaired) electrons. The lowest BCUT2D eigenvalue weighted by molar-refractivity contribution is 0.598. The van der Waals surface area contributed by atoms with Gasteiger partial charge < -0.3 is 11.1 Å². The number of halogens is 4. The van der Waals surface area contributed by atoms with Gasteiger partial charge in [-0.25, -0.2) is 8.78 Å². The molecule has 6 heteroatoms. The van der Waals surface area contributed by atoms with Gasteiger partial charge in [-0.3, -0.25) is 0 Å². The molecule has 18 heavy (non-hydrogen) atoms. The molecule has 2 aromatic rings. The Hall–Kier alpha value is -0.890. The maximum Gasteiger partial charge on any atom is 0.147 e. The molecule has 0 fully saturated rings. The Morgan fingerprint density at radius 3 is 2.44 bits per heavy atom. The van der Waals surface area contributed by atoms with Crippen molar-refractivity contribution in [1.82, 2.24) is 0 Å². The second-order valence-corrected chi connectivity index (χ2v) is 5.63. The fourth-order valence-electron chi connectivity index (χ4n) is 1.40. The highest BCUT2D eigenvalue weighted by Crippen LogP contribution is 2.29. The lowest BCUT2D eigenvalue weighted by atomic mass is 10.2. The van der Waals surface area contributed by atoms with E-state index in [1.165, 1.54) is 0 Å². The van der Waals surface area contributed by atoms with Crippen LogP contribution in [0.25, 0.3) is 0 Å². The standard InChI is InChI=1S/C12H8BrF2IN2/c13-7-4-9(15)12(5-8(7)14)18-11-2-1-6(17)3-10(11)16/h1-5,18H,17H2. The van der Waals surface area contributed by atoms with Gasteiger partial charge in [0.05, 0.1) is 15.8 Å². The molecule has 0 amide bonds. The summed E-state index contributed by atoms with van der Waals surface area (Å²) < 4.78 is 27.9. The molecule has 0 heterocycles. The van der Waals surface area contributed by atoms with Crippen molar-refractivity contribution in [1.29, 1.82) is 0 Å². The lowest BCUT2D eigenvalue weighted by Crippen LogP contribution is -1.98. The summed E-state index contributed by atoms with van der Waals surface area (Å²) >= 11 is 5.00. The van der Waals surface area contributed by atoms with Crippen molar-refractivity contribution in [3.8, 4) is 0 Å². The highest BCUT2D eigenvalue weighted by molar-refractivity contribution is 14.1. The summed E-state index contributed by atoms with van der Waals surface area (Å²) in [4.78, 5) is 0. The summed E-state index contributed by atoms with van der Waals surface area (Å²) in [5.74, 6) is -1.06. The Bertz CT molecular complexity index is 605. The minimum Gasteiger partial charge on any atom is -0.399 e. The van der Waals surface area contributed by atoms with Crippen LogP contribution in [0.2, 0.25) is 0 Å². The Kier molecular flexibility index (Phi) is 4.06. The first-order valence-corrected chi connectivity index (χ1v) is 6.81. The third kappa shape index (κ3) is 2.92. The molecule has 0 atom stereocenters. The van der Waals surface area contributed by atoms with Crippen LogP contribution >= 0.6 is 38.5 Å². The van der Waals surface area contributed by atoms with E-state index in [9.17, 15) is 8.78 Å². The second-order valence-electron chi connectivity index (χ2n) is 3.61. The maximum atomic E-state index is 13.6. The first-order chi connectivity index (χ1) is 8.47. The highest BCUT2D eigenvalue weighted by atomic mass is 127. The van der Waals surface area contributed by atoms with Gasteiger partial charge in [0.2, 0.25) is 0 Å². The van der Waals surface area contributed by atoms with Crippen molar-refractivity contribution in [2.75, 3.05) is 11.1 Å². The molecule has 0 saturated carbocycles. The summed E-state index contributed by atoms with van der Waals surface area (Å²) in [5.41, 5.74) is 6.99. The van der Waals surface area contributed by atoms with E-state index in [-0.39, 0.29) is 10.2 Å². The van der Waals surface area contributed by atoms with E-state index in [0.717, 1.165) is 15.7 Å². The van der Waals surface area contributed by atoms with Gasteiger partial charge in [-0.15, -0.1) is 0 Å². The predicted octanol–water partition coefficient (Wildman–Crippen LogP) is 4.66. The third-order valence-electron chi connectivity index (χ3n) is 2.27. The number of nitrogens with one attached hydrogen (secondary N) is 1. The van der Waals surface area contributed by atoms with Gasteiger partial charge in [0.15, 0.2) is 0 Å². The maximum absolute atomic E-state index is 13.6. The quantitative estimate of drug-likeness (QED) is 0.418. The van der Waals surface area contributed by atoms with Crippen LogP contribution in [-0.2, 0) is 0 Å². The minimum absolute atomic E-state index is 0.0818. The smallest absolute Gasteiger partial charge is 0.147 e. The molecular weight excluding hydrogens is 417 g/mol. The van der Waals surface area contributed by atoms with E-state index in [1.54, 1.807) is 18.2 Å². The van der Waals surface area contributed by atoms with Gasteiger partial charge in [-0.2, -0.15) is 0 Å². The Labute approximate surface area is 125 Å². The second kappa shape index (κ2) is 5.40. The number of rotatable bonds is 2. The highest BCUT2D eigenvalue weighted by Gasteiger charge is 2.09. The van der Waals surface area contributed by atoms with Crippen LogP contribution in [0, 0.1) is 15.2 Å². The van der Waals surface area contributed by atoms with E-state index in [1.807, 2.05) is 0 Å². The van der Waals surface area contributed by atoms with Gasteiger partial charge in [0, 0.05) is 15.3 Å². The van der Waals surface area contributed by atoms with Crippen molar-refractivity contribution < 1.29 is 8.78 Å². The molecule has 0 bridgehead atoms. The summed E-state index contributed by atoms with van der Waals surface area (Å²) in [5, 5.41) is 2.84. The van der Waals surface area contributed by atoms with Crippen molar-refractivity contribution in [2.45, 2.75) is 0 Å². The molecule has 2 nitrogen and oxygen atoms in total. The number of anilines is 3. The normalized spacial score (nSPS) is 10.4. The van der Waals surface area contributed by atoms with Gasteiger partial charge in [-0.05, 0) is 62.8 Å². The SMILES string of the molecule is Nc1ccc(Nc2cc(F)c(Br)cc2F)c(I)c1. The average molecular weight is 425 g/mol. The molecule has 2 aromatic carbocycles. The fourth-order valence-corrected chi connectivity index (χ4v) is 2.39. The molecule has 2 rings (SSSR count). The fraction of sp³-hybridized carbons (Fsp3) is 0. The first-order valence-electron chi connectivity index (χ1n) is 4.94. The summed E-state index contributed by atoms with van der Waals surface area (Å²) in [6, 6.07) is 7.35. The van der Waals surface area contributed by atoms with Crippen LogP contribution in [0.5, 0.6) is 0 Å². The topological polar surface area (TPSA) is 38.0 Å². The van der Waals surface area contributed by atoms with Crippen LogP contribution in [0.1, 0.15) is 0 Å². The molecule has 0 aliphatic carbocycles. The molecular formula is C12H8BrF2IN2. The Morgan fingerprint density at radius 1 is 1.06 bits per heavy atom. The van der Waals surface area contributed by atoms with Crippen LogP contribution in [-0.4, -0.2) is 0 Å². The number of hydrogen-bond donors (Lipinski definition) is 2. The summed E-state index contributed by atoms with van der Waals surface area (Å²) in [7, 11) is 0. The molecule has 0 unspecified atom stereocenters. The zero-order valence-electron chi connectivity index (χ0n) is 8.98. The van der Waals surface area contributed by atoms with Gasteiger partial charge in [-0.1, -0.05) is 0 Å². The average Bonchev–Trinajstić information content (AvgIpc) is 2.29. The zero-order valence-corrected chi connectivity index (χ0v) is 12.7. The van der Waals surface area contributed by atoms with Crippen LogP contribution in [0.15, 0.2) is 34.8 Å².